The van der Waals surface area contributed by atoms with Crippen molar-refractivity contribution in [1.29, 1.82) is 0 Å². The Hall–Kier alpha value is -2.58. The van der Waals surface area contributed by atoms with Crippen LogP contribution < -0.4 is 16.0 Å². The van der Waals surface area contributed by atoms with Crippen LogP contribution in [-0.2, 0) is 0 Å². The molecule has 2 fully saturated rings. The molecule has 3 heterocycles. The third-order valence-electron chi connectivity index (χ3n) is 5.62. The summed E-state index contributed by atoms with van der Waals surface area (Å²) in [5, 5.41) is 13.7. The minimum Gasteiger partial charge on any atom is -0.337 e. The quantitative estimate of drug-likeness (QED) is 0.692. The number of rotatable bonds is 4. The molecule has 0 radical (unpaired) electrons. The maximum atomic E-state index is 12.8. The highest BCUT2D eigenvalue weighted by Gasteiger charge is 2.26. The summed E-state index contributed by atoms with van der Waals surface area (Å²) in [6, 6.07) is 11.4. The van der Waals surface area contributed by atoms with Crippen molar-refractivity contribution < 1.29 is 9.59 Å². The number of nitrogens with one attached hydrogen (secondary N) is 3. The average molecular weight is 433 g/mol. The summed E-state index contributed by atoms with van der Waals surface area (Å²) >= 11 is 0. The summed E-state index contributed by atoms with van der Waals surface area (Å²) in [5.74, 6) is -0.0281. The number of likely N-dealkylation sites (tertiary alicyclic amines) is 1. The summed E-state index contributed by atoms with van der Waals surface area (Å²) < 4.78 is 1.92. The molecular formula is C21H29ClN6O2. The number of para-hydroxylation sites is 1. The van der Waals surface area contributed by atoms with E-state index in [0.29, 0.717) is 24.8 Å². The second-order valence-electron chi connectivity index (χ2n) is 7.71. The van der Waals surface area contributed by atoms with Gasteiger partial charge in [0, 0.05) is 37.6 Å². The lowest BCUT2D eigenvalue weighted by Gasteiger charge is -2.32. The number of hydrogen-bond donors (Lipinski definition) is 3. The maximum Gasteiger partial charge on any atom is 0.319 e. The number of anilines is 1. The summed E-state index contributed by atoms with van der Waals surface area (Å²) in [7, 11) is 0. The van der Waals surface area contributed by atoms with E-state index in [1.807, 2.05) is 52.2 Å². The third kappa shape index (κ3) is 5.52. The van der Waals surface area contributed by atoms with Gasteiger partial charge in [0.25, 0.3) is 5.91 Å². The van der Waals surface area contributed by atoms with E-state index in [1.54, 1.807) is 0 Å². The molecule has 2 aromatic rings. The van der Waals surface area contributed by atoms with Crippen molar-refractivity contribution in [3.05, 3.63) is 48.3 Å². The fourth-order valence-electron chi connectivity index (χ4n) is 3.98. The predicted octanol–water partition coefficient (Wildman–Crippen LogP) is 2.66. The number of carbonyl (C=O) groups excluding carboxylic acids is 2. The maximum absolute atomic E-state index is 12.8. The molecule has 9 heteroatoms. The van der Waals surface area contributed by atoms with Gasteiger partial charge in [0.2, 0.25) is 0 Å². The van der Waals surface area contributed by atoms with Crippen LogP contribution in [0.3, 0.4) is 0 Å². The zero-order valence-electron chi connectivity index (χ0n) is 16.9. The normalized spacial score (nSPS) is 19.6. The Morgan fingerprint density at radius 3 is 2.53 bits per heavy atom. The van der Waals surface area contributed by atoms with Gasteiger partial charge in [0.05, 0.1) is 6.04 Å². The molecule has 8 nitrogen and oxygen atoms in total. The lowest BCUT2D eigenvalue weighted by molar-refractivity contribution is 0.0701. The number of halogens is 1. The Kier molecular flexibility index (Phi) is 7.70. The first-order valence-electron chi connectivity index (χ1n) is 10.4. The van der Waals surface area contributed by atoms with E-state index in [9.17, 15) is 9.59 Å². The number of aromatic nitrogens is 2. The van der Waals surface area contributed by atoms with Gasteiger partial charge in [-0.05, 0) is 50.4 Å². The highest BCUT2D eigenvalue weighted by molar-refractivity contribution is 5.92. The fraction of sp³-hybridized carbons (Fsp3) is 0.476. The average Bonchev–Trinajstić information content (AvgIpc) is 3.25. The molecular weight excluding hydrogens is 404 g/mol. The van der Waals surface area contributed by atoms with Crippen LogP contribution in [0.2, 0.25) is 0 Å². The van der Waals surface area contributed by atoms with Crippen molar-refractivity contribution in [3.8, 4) is 0 Å². The molecule has 0 spiro atoms. The summed E-state index contributed by atoms with van der Waals surface area (Å²) in [6.07, 6.45) is 5.60. The van der Waals surface area contributed by atoms with E-state index < -0.39 is 0 Å². The van der Waals surface area contributed by atoms with E-state index >= 15 is 0 Å². The Morgan fingerprint density at radius 1 is 1.07 bits per heavy atom. The second-order valence-corrected chi connectivity index (χ2v) is 7.71. The molecule has 3 amide bonds. The van der Waals surface area contributed by atoms with Crippen LogP contribution in [0.5, 0.6) is 0 Å². The Morgan fingerprint density at radius 2 is 1.83 bits per heavy atom. The van der Waals surface area contributed by atoms with Gasteiger partial charge < -0.3 is 20.9 Å². The number of amides is 3. The fourth-order valence-corrected chi connectivity index (χ4v) is 3.98. The van der Waals surface area contributed by atoms with Crippen LogP contribution in [0.25, 0.3) is 0 Å². The smallest absolute Gasteiger partial charge is 0.319 e. The van der Waals surface area contributed by atoms with E-state index in [-0.39, 0.29) is 30.4 Å². The van der Waals surface area contributed by atoms with Crippen LogP contribution in [-0.4, -0.2) is 58.8 Å². The van der Waals surface area contributed by atoms with Gasteiger partial charge in [-0.15, -0.1) is 12.4 Å². The second kappa shape index (κ2) is 10.4. The highest BCUT2D eigenvalue weighted by Crippen LogP contribution is 2.18. The lowest BCUT2D eigenvalue weighted by Crippen LogP contribution is -2.47. The van der Waals surface area contributed by atoms with Crippen LogP contribution in [0.1, 0.15) is 42.2 Å². The van der Waals surface area contributed by atoms with E-state index in [4.69, 9.17) is 0 Å². The summed E-state index contributed by atoms with van der Waals surface area (Å²) in [6.45, 7) is 3.19. The van der Waals surface area contributed by atoms with E-state index in [2.05, 4.69) is 21.0 Å². The van der Waals surface area contributed by atoms with Crippen LogP contribution in [0, 0.1) is 0 Å². The third-order valence-corrected chi connectivity index (χ3v) is 5.62. The van der Waals surface area contributed by atoms with Crippen molar-refractivity contribution in [2.45, 2.75) is 37.8 Å². The Balaban J connectivity index is 0.00000256. The molecule has 0 aliphatic carbocycles. The molecule has 2 saturated heterocycles. The molecule has 2 aliphatic rings. The molecule has 162 valence electrons. The zero-order chi connectivity index (χ0) is 20.1. The van der Waals surface area contributed by atoms with Crippen molar-refractivity contribution in [2.24, 2.45) is 0 Å². The van der Waals surface area contributed by atoms with Crippen LogP contribution >= 0.6 is 12.4 Å². The lowest BCUT2D eigenvalue weighted by atomic mass is 10.0. The Bertz CT molecular complexity index is 829. The molecule has 1 atom stereocenters. The molecule has 1 aromatic heterocycles. The topological polar surface area (TPSA) is 91.3 Å². The monoisotopic (exact) mass is 432 g/mol. The molecule has 30 heavy (non-hydrogen) atoms. The molecule has 0 saturated carbocycles. The van der Waals surface area contributed by atoms with Gasteiger partial charge in [-0.3, -0.25) is 9.48 Å². The van der Waals surface area contributed by atoms with Crippen molar-refractivity contribution in [3.63, 3.8) is 0 Å². The van der Waals surface area contributed by atoms with Gasteiger partial charge in [0.15, 0.2) is 0 Å². The van der Waals surface area contributed by atoms with Gasteiger partial charge in [0.1, 0.15) is 5.69 Å². The highest BCUT2D eigenvalue weighted by atomic mass is 35.5. The van der Waals surface area contributed by atoms with Crippen molar-refractivity contribution in [1.82, 2.24) is 25.3 Å². The number of benzene rings is 1. The van der Waals surface area contributed by atoms with Crippen LogP contribution in [0.4, 0.5) is 10.5 Å². The van der Waals surface area contributed by atoms with Gasteiger partial charge >= 0.3 is 6.03 Å². The molecule has 1 aromatic carbocycles. The molecule has 1 unspecified atom stereocenters. The van der Waals surface area contributed by atoms with E-state index in [1.165, 1.54) is 0 Å². The molecule has 0 bridgehead atoms. The standard InChI is InChI=1S/C21H28N6O2.ClH/c28-20(19-10-14-27(25-19)18-7-4-11-22-15-18)26-12-8-17(9-13-26)24-21(29)23-16-5-2-1-3-6-16;/h1-3,5-6,10,14,17-18,22H,4,7-9,11-13,15H2,(H2,23,24,29);1H. The number of hydrogen-bond acceptors (Lipinski definition) is 4. The number of carbonyl (C=O) groups is 2. The first-order valence-corrected chi connectivity index (χ1v) is 10.4. The molecule has 4 rings (SSSR count). The van der Waals surface area contributed by atoms with Crippen molar-refractivity contribution in [2.75, 3.05) is 31.5 Å². The SMILES string of the molecule is Cl.O=C(Nc1ccccc1)NC1CCN(C(=O)c2ccn(C3CCCNC3)n2)CC1. The minimum atomic E-state index is -0.208. The minimum absolute atomic E-state index is 0. The molecule has 3 N–H and O–H groups in total. The predicted molar refractivity (Wildman–Crippen MR) is 118 cm³/mol. The van der Waals surface area contributed by atoms with Gasteiger partial charge in [-0.1, -0.05) is 18.2 Å². The van der Waals surface area contributed by atoms with Gasteiger partial charge in [-0.25, -0.2) is 4.79 Å². The first kappa shape index (κ1) is 22.1. The Labute approximate surface area is 182 Å². The number of nitrogens with zero attached hydrogens (tertiary/aromatic N) is 3. The van der Waals surface area contributed by atoms with Gasteiger partial charge in [-0.2, -0.15) is 5.10 Å². The van der Waals surface area contributed by atoms with E-state index in [0.717, 1.165) is 44.5 Å². The summed E-state index contributed by atoms with van der Waals surface area (Å²) in [4.78, 5) is 26.8. The number of urea groups is 1. The van der Waals surface area contributed by atoms with Crippen molar-refractivity contribution >= 4 is 30.0 Å². The van der Waals surface area contributed by atoms with Crippen LogP contribution in [0.15, 0.2) is 42.6 Å². The zero-order valence-corrected chi connectivity index (χ0v) is 17.7. The first-order chi connectivity index (χ1) is 14.2. The largest absolute Gasteiger partial charge is 0.337 e. The summed E-state index contributed by atoms with van der Waals surface area (Å²) in [5.41, 5.74) is 1.27. The number of piperidine rings is 2. The molecule has 2 aliphatic heterocycles.